The molecule has 0 radical (unpaired) electrons. The van der Waals surface area contributed by atoms with Crippen molar-refractivity contribution in [3.63, 3.8) is 0 Å². The van der Waals surface area contributed by atoms with Gasteiger partial charge in [-0.3, -0.25) is 15.1 Å². The van der Waals surface area contributed by atoms with E-state index in [0.29, 0.717) is 16.5 Å². The Labute approximate surface area is 179 Å². The van der Waals surface area contributed by atoms with Gasteiger partial charge < -0.3 is 9.47 Å². The standard InChI is InChI=1S/C23H21ClN2O4/c1-3-16-4-8-19(9-5-16)25-14-18-12-21(24)23(22(13-18)29-2)30-15-17-6-10-20(11-7-17)26(27)28/h4-14H,3,15H2,1-2H3. The van der Waals surface area contributed by atoms with Gasteiger partial charge in [-0.25, -0.2) is 0 Å². The van der Waals surface area contributed by atoms with Gasteiger partial charge in [0.05, 0.1) is 22.7 Å². The molecule has 0 bridgehead atoms. The van der Waals surface area contributed by atoms with Crippen molar-refractivity contribution in [1.82, 2.24) is 0 Å². The van der Waals surface area contributed by atoms with Gasteiger partial charge in [0.25, 0.3) is 5.69 Å². The zero-order valence-electron chi connectivity index (χ0n) is 16.7. The van der Waals surface area contributed by atoms with E-state index < -0.39 is 4.92 Å². The summed E-state index contributed by atoms with van der Waals surface area (Å²) in [5.74, 6) is 0.883. The Bertz CT molecular complexity index is 1050. The van der Waals surface area contributed by atoms with Crippen LogP contribution in [0.2, 0.25) is 5.02 Å². The normalized spacial score (nSPS) is 10.9. The Morgan fingerprint density at radius 1 is 1.07 bits per heavy atom. The maximum atomic E-state index is 10.8. The first-order chi connectivity index (χ1) is 14.5. The van der Waals surface area contributed by atoms with Crippen LogP contribution < -0.4 is 9.47 Å². The molecule has 30 heavy (non-hydrogen) atoms. The Hall–Kier alpha value is -3.38. The average molecular weight is 425 g/mol. The average Bonchev–Trinajstić information content (AvgIpc) is 2.77. The molecule has 0 unspecified atom stereocenters. The summed E-state index contributed by atoms with van der Waals surface area (Å²) in [4.78, 5) is 14.8. The molecule has 3 aromatic rings. The lowest BCUT2D eigenvalue weighted by atomic mass is 10.1. The van der Waals surface area contributed by atoms with E-state index in [2.05, 4.69) is 24.0 Å². The van der Waals surface area contributed by atoms with Gasteiger partial charge in [0.2, 0.25) is 0 Å². The first-order valence-corrected chi connectivity index (χ1v) is 9.74. The second-order valence-electron chi connectivity index (χ2n) is 6.52. The SMILES string of the molecule is CCc1ccc(N=Cc2cc(Cl)c(OCc3ccc([N+](=O)[O-])cc3)c(OC)c2)cc1. The minimum atomic E-state index is -0.441. The molecule has 0 amide bonds. The lowest BCUT2D eigenvalue weighted by Crippen LogP contribution is -2.00. The maximum Gasteiger partial charge on any atom is 0.269 e. The molecule has 0 aliphatic heterocycles. The fourth-order valence-electron chi connectivity index (χ4n) is 2.79. The van der Waals surface area contributed by atoms with Gasteiger partial charge >= 0.3 is 0 Å². The summed E-state index contributed by atoms with van der Waals surface area (Å²) >= 11 is 6.41. The second kappa shape index (κ2) is 9.89. The third-order valence-electron chi connectivity index (χ3n) is 4.49. The molecule has 154 valence electrons. The minimum absolute atomic E-state index is 0.0299. The summed E-state index contributed by atoms with van der Waals surface area (Å²) in [6.45, 7) is 2.31. The highest BCUT2D eigenvalue weighted by atomic mass is 35.5. The Morgan fingerprint density at radius 3 is 2.33 bits per heavy atom. The molecule has 0 saturated carbocycles. The van der Waals surface area contributed by atoms with E-state index in [1.54, 1.807) is 30.5 Å². The molecule has 0 aromatic heterocycles. The van der Waals surface area contributed by atoms with Crippen LogP contribution in [-0.4, -0.2) is 18.2 Å². The van der Waals surface area contributed by atoms with E-state index in [4.69, 9.17) is 21.1 Å². The molecular weight excluding hydrogens is 404 g/mol. The molecule has 3 aromatic carbocycles. The van der Waals surface area contributed by atoms with Crippen molar-refractivity contribution in [3.8, 4) is 11.5 Å². The zero-order chi connectivity index (χ0) is 21.5. The topological polar surface area (TPSA) is 74.0 Å². The summed E-state index contributed by atoms with van der Waals surface area (Å²) in [5, 5.41) is 11.1. The number of non-ortho nitro benzene ring substituents is 1. The molecule has 3 rings (SSSR count). The summed E-state index contributed by atoms with van der Waals surface area (Å²) in [6.07, 6.45) is 2.70. The molecule has 0 heterocycles. The third-order valence-corrected chi connectivity index (χ3v) is 4.77. The zero-order valence-corrected chi connectivity index (χ0v) is 17.4. The lowest BCUT2D eigenvalue weighted by molar-refractivity contribution is -0.384. The van der Waals surface area contributed by atoms with Crippen LogP contribution in [0.1, 0.15) is 23.6 Å². The molecule has 0 aliphatic carbocycles. The number of aryl methyl sites for hydroxylation is 1. The van der Waals surface area contributed by atoms with Crippen molar-refractivity contribution in [2.24, 2.45) is 4.99 Å². The van der Waals surface area contributed by atoms with Gasteiger partial charge in [-0.1, -0.05) is 30.7 Å². The predicted octanol–water partition coefficient (Wildman–Crippen LogP) is 6.15. The van der Waals surface area contributed by atoms with E-state index >= 15 is 0 Å². The number of ether oxygens (including phenoxy) is 2. The van der Waals surface area contributed by atoms with E-state index in [-0.39, 0.29) is 12.3 Å². The number of methoxy groups -OCH3 is 1. The van der Waals surface area contributed by atoms with Gasteiger partial charge in [0.1, 0.15) is 6.61 Å². The van der Waals surface area contributed by atoms with Crippen molar-refractivity contribution in [2.45, 2.75) is 20.0 Å². The number of halogens is 1. The maximum absolute atomic E-state index is 10.8. The van der Waals surface area contributed by atoms with Crippen LogP contribution in [0.15, 0.2) is 65.7 Å². The molecular formula is C23H21ClN2O4. The first kappa shape index (κ1) is 21.3. The number of hydrogen-bond donors (Lipinski definition) is 0. The Balaban J connectivity index is 1.74. The number of nitro benzene ring substituents is 1. The van der Waals surface area contributed by atoms with Gasteiger partial charge in [-0.15, -0.1) is 0 Å². The van der Waals surface area contributed by atoms with Crippen LogP contribution in [0.5, 0.6) is 11.5 Å². The van der Waals surface area contributed by atoms with Crippen LogP contribution in [0.3, 0.4) is 0 Å². The Morgan fingerprint density at radius 2 is 1.73 bits per heavy atom. The van der Waals surface area contributed by atoms with Gasteiger partial charge in [-0.2, -0.15) is 0 Å². The molecule has 0 fully saturated rings. The fraction of sp³-hybridized carbons (Fsp3) is 0.174. The van der Waals surface area contributed by atoms with Crippen molar-refractivity contribution in [1.29, 1.82) is 0 Å². The van der Waals surface area contributed by atoms with Crippen molar-refractivity contribution in [3.05, 3.63) is 92.5 Å². The second-order valence-corrected chi connectivity index (χ2v) is 6.93. The summed E-state index contributed by atoms with van der Waals surface area (Å²) < 4.78 is 11.2. The lowest BCUT2D eigenvalue weighted by Gasteiger charge is -2.13. The number of hydrogen-bond acceptors (Lipinski definition) is 5. The van der Waals surface area contributed by atoms with Crippen LogP contribution in [0, 0.1) is 10.1 Å². The van der Waals surface area contributed by atoms with E-state index in [1.165, 1.54) is 24.8 Å². The molecule has 6 nitrogen and oxygen atoms in total. The molecule has 0 N–H and O–H groups in total. The van der Waals surface area contributed by atoms with E-state index in [1.807, 2.05) is 12.1 Å². The predicted molar refractivity (Wildman–Crippen MR) is 119 cm³/mol. The molecule has 0 spiro atoms. The van der Waals surface area contributed by atoms with Crippen molar-refractivity contribution >= 4 is 29.2 Å². The van der Waals surface area contributed by atoms with Crippen LogP contribution in [-0.2, 0) is 13.0 Å². The monoisotopic (exact) mass is 424 g/mol. The molecule has 0 saturated heterocycles. The molecule has 7 heteroatoms. The number of benzene rings is 3. The van der Waals surface area contributed by atoms with Gasteiger partial charge in [0.15, 0.2) is 11.5 Å². The van der Waals surface area contributed by atoms with Gasteiger partial charge in [0, 0.05) is 18.3 Å². The highest BCUT2D eigenvalue weighted by molar-refractivity contribution is 6.32. The van der Waals surface area contributed by atoms with E-state index in [9.17, 15) is 10.1 Å². The van der Waals surface area contributed by atoms with Crippen molar-refractivity contribution in [2.75, 3.05) is 7.11 Å². The van der Waals surface area contributed by atoms with E-state index in [0.717, 1.165) is 23.2 Å². The minimum Gasteiger partial charge on any atom is -0.493 e. The summed E-state index contributed by atoms with van der Waals surface area (Å²) in [5.41, 5.74) is 3.69. The number of aliphatic imine (C=N–C) groups is 1. The van der Waals surface area contributed by atoms with Crippen LogP contribution >= 0.6 is 11.6 Å². The molecule has 0 aliphatic rings. The highest BCUT2D eigenvalue weighted by Gasteiger charge is 2.12. The number of rotatable bonds is 8. The fourth-order valence-corrected chi connectivity index (χ4v) is 3.06. The highest BCUT2D eigenvalue weighted by Crippen LogP contribution is 2.36. The quantitative estimate of drug-likeness (QED) is 0.247. The van der Waals surface area contributed by atoms with Gasteiger partial charge in [-0.05, 0) is 59.5 Å². The number of nitrogens with zero attached hydrogens (tertiary/aromatic N) is 2. The number of nitro groups is 1. The first-order valence-electron chi connectivity index (χ1n) is 9.37. The summed E-state index contributed by atoms with van der Waals surface area (Å²) in [7, 11) is 1.54. The molecule has 0 atom stereocenters. The Kier molecular flexibility index (Phi) is 7.03. The van der Waals surface area contributed by atoms with Crippen molar-refractivity contribution < 1.29 is 14.4 Å². The smallest absolute Gasteiger partial charge is 0.269 e. The summed E-state index contributed by atoms with van der Waals surface area (Å²) in [6, 6.07) is 17.7. The van der Waals surface area contributed by atoms with Crippen LogP contribution in [0.25, 0.3) is 0 Å². The largest absolute Gasteiger partial charge is 0.493 e. The third kappa shape index (κ3) is 5.36. The van der Waals surface area contributed by atoms with Crippen LogP contribution in [0.4, 0.5) is 11.4 Å².